The Kier molecular flexibility index (Phi) is 3.77. The number of likely N-dealkylation sites (N-methyl/N-ethyl adjacent to an activating group) is 2. The third-order valence-corrected chi connectivity index (χ3v) is 7.25. The summed E-state index contributed by atoms with van der Waals surface area (Å²) in [5.74, 6) is 0.102. The van der Waals surface area contributed by atoms with E-state index in [-0.39, 0.29) is 11.6 Å². The van der Waals surface area contributed by atoms with E-state index in [1.54, 1.807) is 23.5 Å². The summed E-state index contributed by atoms with van der Waals surface area (Å²) in [6, 6.07) is 0. The van der Waals surface area contributed by atoms with Crippen molar-refractivity contribution < 1.29 is 9.59 Å². The Balaban J connectivity index is 1.91. The van der Waals surface area contributed by atoms with Gasteiger partial charge in [0.2, 0.25) is 0 Å². The second-order valence-electron chi connectivity index (χ2n) is 5.34. The van der Waals surface area contributed by atoms with Gasteiger partial charge < -0.3 is 0 Å². The second kappa shape index (κ2) is 5.24. The third kappa shape index (κ3) is 2.39. The quantitative estimate of drug-likeness (QED) is 0.499. The predicted octanol–water partition coefficient (Wildman–Crippen LogP) is 1.53. The Hall–Kier alpha value is -0.300. The fourth-order valence-corrected chi connectivity index (χ4v) is 6.21. The molecule has 1 aliphatic carbocycles. The van der Waals surface area contributed by atoms with Gasteiger partial charge in [0.15, 0.2) is 11.6 Å². The van der Waals surface area contributed by atoms with Crippen LogP contribution in [-0.4, -0.2) is 59.3 Å². The minimum absolute atomic E-state index is 0.0511. The van der Waals surface area contributed by atoms with Crippen LogP contribution in [0, 0.1) is 0 Å². The third-order valence-electron chi connectivity index (χ3n) is 3.94. The highest BCUT2D eigenvalue weighted by Crippen LogP contribution is 2.52. The number of piperazine rings is 1. The van der Waals surface area contributed by atoms with Gasteiger partial charge in [0.25, 0.3) is 0 Å². The van der Waals surface area contributed by atoms with E-state index in [1.807, 2.05) is 0 Å². The zero-order valence-corrected chi connectivity index (χ0v) is 12.9. The van der Waals surface area contributed by atoms with Gasteiger partial charge in [0.1, 0.15) is 0 Å². The van der Waals surface area contributed by atoms with E-state index in [1.165, 1.54) is 0 Å². The van der Waals surface area contributed by atoms with Crippen LogP contribution in [0.2, 0.25) is 0 Å². The first-order chi connectivity index (χ1) is 9.08. The van der Waals surface area contributed by atoms with Gasteiger partial charge >= 0.3 is 0 Å². The van der Waals surface area contributed by atoms with Crippen LogP contribution in [0.4, 0.5) is 0 Å². The van der Waals surface area contributed by atoms with Crippen LogP contribution in [0.15, 0.2) is 9.81 Å². The molecule has 3 fully saturated rings. The molecular weight excluding hydrogens is 280 g/mol. The fraction of sp³-hybridized carbons (Fsp3) is 0.692. The molecule has 2 heterocycles. The molecule has 2 atom stereocenters. The summed E-state index contributed by atoms with van der Waals surface area (Å²) in [5.41, 5.74) is 0.498. The van der Waals surface area contributed by atoms with Gasteiger partial charge in [0, 0.05) is 25.9 Å². The van der Waals surface area contributed by atoms with Gasteiger partial charge in [0.05, 0.1) is 20.6 Å². The molecule has 2 saturated heterocycles. The lowest BCUT2D eigenvalue weighted by Gasteiger charge is -2.39. The van der Waals surface area contributed by atoms with Gasteiger partial charge in [-0.2, -0.15) is 0 Å². The van der Waals surface area contributed by atoms with Crippen molar-refractivity contribution in [2.75, 3.05) is 27.2 Å². The molecule has 4 nitrogen and oxygen atoms in total. The van der Waals surface area contributed by atoms with Gasteiger partial charge in [-0.3, -0.25) is 19.4 Å². The Morgan fingerprint density at radius 2 is 1.42 bits per heavy atom. The highest BCUT2D eigenvalue weighted by molar-refractivity contribution is 8.26. The minimum atomic E-state index is 0.0511. The summed E-state index contributed by atoms with van der Waals surface area (Å²) in [6.07, 6.45) is 1.79. The van der Waals surface area contributed by atoms with Gasteiger partial charge in [-0.05, 0) is 20.5 Å². The summed E-state index contributed by atoms with van der Waals surface area (Å²) in [6.45, 7) is 2.07. The zero-order chi connectivity index (χ0) is 13.6. The number of rotatable bonds is 0. The van der Waals surface area contributed by atoms with E-state index in [0.717, 1.165) is 23.7 Å². The number of nitrogens with zero attached hydrogens (tertiary/aromatic N) is 2. The smallest absolute Gasteiger partial charge is 0.168 e. The molecule has 6 heteroatoms. The van der Waals surface area contributed by atoms with Crippen molar-refractivity contribution in [3.05, 3.63) is 9.81 Å². The van der Waals surface area contributed by atoms with Crippen molar-refractivity contribution in [3.63, 3.8) is 0 Å². The largest absolute Gasteiger partial charge is 0.294 e. The van der Waals surface area contributed by atoms with Crippen LogP contribution in [0.5, 0.6) is 0 Å². The average molecular weight is 298 g/mol. The highest BCUT2D eigenvalue weighted by Gasteiger charge is 2.43. The molecule has 3 aliphatic rings. The van der Waals surface area contributed by atoms with E-state index in [9.17, 15) is 9.59 Å². The maximum absolute atomic E-state index is 12.0. The lowest BCUT2D eigenvalue weighted by Crippen LogP contribution is -2.52. The Bertz CT molecular complexity index is 426. The van der Waals surface area contributed by atoms with E-state index in [2.05, 4.69) is 23.9 Å². The van der Waals surface area contributed by atoms with Crippen molar-refractivity contribution in [3.8, 4) is 0 Å². The molecule has 1 saturated carbocycles. The van der Waals surface area contributed by atoms with Gasteiger partial charge in [-0.25, -0.2) is 0 Å². The van der Waals surface area contributed by atoms with E-state index >= 15 is 0 Å². The number of thioether (sulfide) groups is 2. The number of hydrogen-bond acceptors (Lipinski definition) is 6. The maximum Gasteiger partial charge on any atom is 0.168 e. The van der Waals surface area contributed by atoms with Crippen LogP contribution in [0.3, 0.4) is 0 Å². The molecule has 104 valence electrons. The maximum atomic E-state index is 12.0. The van der Waals surface area contributed by atoms with Crippen LogP contribution in [-0.2, 0) is 9.59 Å². The van der Waals surface area contributed by atoms with Crippen LogP contribution >= 0.6 is 23.5 Å². The number of carbonyl (C=O) groups excluding carboxylic acids is 2. The van der Waals surface area contributed by atoms with Crippen molar-refractivity contribution in [2.24, 2.45) is 0 Å². The molecule has 2 unspecified atom stereocenters. The molecule has 3 rings (SSSR count). The Morgan fingerprint density at radius 1 is 0.947 bits per heavy atom. The summed E-state index contributed by atoms with van der Waals surface area (Å²) in [4.78, 5) is 28.7. The Morgan fingerprint density at radius 3 is 1.89 bits per heavy atom. The molecule has 0 aromatic carbocycles. The lowest BCUT2D eigenvalue weighted by molar-refractivity contribution is -0.123. The van der Waals surface area contributed by atoms with Crippen molar-refractivity contribution in [1.82, 2.24) is 9.80 Å². The number of ketones is 2. The number of carbonyl (C=O) groups is 2. The normalized spacial score (nSPS) is 34.0. The summed E-state index contributed by atoms with van der Waals surface area (Å²) < 4.78 is 0.963. The number of fused-ring (bicyclic) bond motifs is 1. The zero-order valence-electron chi connectivity index (χ0n) is 11.2. The average Bonchev–Trinajstić information content (AvgIpc) is 2.80. The first-order valence-electron chi connectivity index (χ1n) is 6.62. The molecule has 0 aromatic heterocycles. The molecular formula is C13H18N2O2S2. The molecule has 0 spiro atoms. The molecule has 0 N–H and O–H groups in total. The summed E-state index contributed by atoms with van der Waals surface area (Å²) in [5, 5.41) is 0.711. The van der Waals surface area contributed by atoms with Gasteiger partial charge in [-0.1, -0.05) is 23.5 Å². The molecule has 2 aliphatic heterocycles. The van der Waals surface area contributed by atoms with E-state index < -0.39 is 0 Å². The van der Waals surface area contributed by atoms with Crippen LogP contribution in [0.25, 0.3) is 0 Å². The van der Waals surface area contributed by atoms with E-state index in [4.69, 9.17) is 0 Å². The lowest BCUT2D eigenvalue weighted by atomic mass is 9.94. The van der Waals surface area contributed by atoms with Crippen molar-refractivity contribution >= 4 is 35.1 Å². The number of allylic oxidation sites excluding steroid dienone is 1. The minimum Gasteiger partial charge on any atom is -0.294 e. The SMILES string of the molecule is CN1CCN(C)C2SC(=C3C(=O)CCCC3=O)SC21. The monoisotopic (exact) mass is 298 g/mol. The van der Waals surface area contributed by atoms with E-state index in [0.29, 0.717) is 29.2 Å². The first-order valence-corrected chi connectivity index (χ1v) is 8.38. The van der Waals surface area contributed by atoms with Crippen molar-refractivity contribution in [1.29, 1.82) is 0 Å². The van der Waals surface area contributed by atoms with Crippen LogP contribution in [0.1, 0.15) is 19.3 Å². The molecule has 0 aromatic rings. The first kappa shape index (κ1) is 13.7. The van der Waals surface area contributed by atoms with Gasteiger partial charge in [-0.15, -0.1) is 0 Å². The molecule has 0 amide bonds. The highest BCUT2D eigenvalue weighted by atomic mass is 32.2. The topological polar surface area (TPSA) is 40.6 Å². The fourth-order valence-electron chi connectivity index (χ4n) is 2.71. The Labute approximate surface area is 122 Å². The molecule has 0 radical (unpaired) electrons. The molecule has 19 heavy (non-hydrogen) atoms. The second-order valence-corrected chi connectivity index (χ2v) is 7.85. The standard InChI is InChI=1S/C13H18N2O2S2/c1-14-6-7-15(2)12-11(14)18-13(19-12)10-8(16)4-3-5-9(10)17/h11-12H,3-7H2,1-2H3. The summed E-state index contributed by atoms with van der Waals surface area (Å²) >= 11 is 3.41. The van der Waals surface area contributed by atoms with Crippen molar-refractivity contribution in [2.45, 2.75) is 30.0 Å². The predicted molar refractivity (Wildman–Crippen MR) is 78.9 cm³/mol. The molecule has 0 bridgehead atoms. The number of Topliss-reactive ketones (excluding diaryl/α,β-unsaturated/α-hetero) is 2. The number of hydrogen-bond donors (Lipinski definition) is 0. The summed E-state index contributed by atoms with van der Waals surface area (Å²) in [7, 11) is 4.24. The van der Waals surface area contributed by atoms with Crippen LogP contribution < -0.4 is 0 Å².